The molecule has 6 heteroatoms. The maximum absolute atomic E-state index is 12.1. The molecule has 0 saturated carbocycles. The van der Waals surface area contributed by atoms with E-state index in [1.807, 2.05) is 32.0 Å². The first-order chi connectivity index (χ1) is 12.0. The summed E-state index contributed by atoms with van der Waals surface area (Å²) < 4.78 is 11.0. The number of amides is 2. The van der Waals surface area contributed by atoms with Gasteiger partial charge in [0.2, 0.25) is 5.91 Å². The minimum Gasteiger partial charge on any atom is -0.493 e. The molecule has 2 amide bonds. The number of fused-ring (bicyclic) bond motifs is 1. The van der Waals surface area contributed by atoms with Crippen molar-refractivity contribution in [2.24, 2.45) is 0 Å². The number of carbonyl (C=O) groups excluding carboxylic acids is 2. The Morgan fingerprint density at radius 3 is 2.92 bits per heavy atom. The minimum absolute atomic E-state index is 0.00835. The molecule has 130 valence electrons. The van der Waals surface area contributed by atoms with E-state index in [1.165, 1.54) is 0 Å². The second kappa shape index (κ2) is 7.25. The molecular formula is C19H20N2O4. The van der Waals surface area contributed by atoms with Crippen LogP contribution in [0.3, 0.4) is 0 Å². The molecule has 2 N–H and O–H groups in total. The van der Waals surface area contributed by atoms with Gasteiger partial charge in [-0.25, -0.2) is 0 Å². The summed E-state index contributed by atoms with van der Waals surface area (Å²) in [6.07, 6.45) is 0.229. The highest BCUT2D eigenvalue weighted by molar-refractivity contribution is 5.97. The summed E-state index contributed by atoms with van der Waals surface area (Å²) >= 11 is 0. The summed E-state index contributed by atoms with van der Waals surface area (Å²) in [7, 11) is 0. The Morgan fingerprint density at radius 1 is 1.24 bits per heavy atom. The van der Waals surface area contributed by atoms with Crippen LogP contribution >= 0.6 is 0 Å². The maximum Gasteiger partial charge on any atom is 0.262 e. The van der Waals surface area contributed by atoms with E-state index in [0.717, 1.165) is 16.9 Å². The molecule has 0 unspecified atom stereocenters. The molecule has 0 radical (unpaired) electrons. The number of hydrogen-bond acceptors (Lipinski definition) is 4. The van der Waals surface area contributed by atoms with E-state index in [9.17, 15) is 9.59 Å². The Bertz CT molecular complexity index is 817. The monoisotopic (exact) mass is 340 g/mol. The van der Waals surface area contributed by atoms with Crippen molar-refractivity contribution in [1.82, 2.24) is 0 Å². The topological polar surface area (TPSA) is 76.7 Å². The Labute approximate surface area is 146 Å². The fraction of sp³-hybridized carbons (Fsp3) is 0.263. The molecule has 0 saturated heterocycles. The third kappa shape index (κ3) is 4.29. The van der Waals surface area contributed by atoms with Crippen LogP contribution in [0.15, 0.2) is 36.4 Å². The Morgan fingerprint density at radius 2 is 2.08 bits per heavy atom. The lowest BCUT2D eigenvalue weighted by atomic mass is 10.1. The van der Waals surface area contributed by atoms with Gasteiger partial charge in [-0.1, -0.05) is 12.1 Å². The summed E-state index contributed by atoms with van der Waals surface area (Å²) in [4.78, 5) is 23.4. The van der Waals surface area contributed by atoms with E-state index in [0.29, 0.717) is 23.7 Å². The average Bonchev–Trinajstić information content (AvgIpc) is 2.57. The SMILES string of the molecule is Cc1ccc(C)c(OCCC(=O)Nc2ccc3c(c2)NC(=O)CO3)c1. The molecule has 1 aliphatic rings. The summed E-state index contributed by atoms with van der Waals surface area (Å²) in [6, 6.07) is 11.1. The second-order valence-corrected chi connectivity index (χ2v) is 5.96. The molecule has 0 atom stereocenters. The van der Waals surface area contributed by atoms with Crippen LogP contribution in [0.5, 0.6) is 11.5 Å². The number of nitrogens with one attached hydrogen (secondary N) is 2. The van der Waals surface area contributed by atoms with Crippen molar-refractivity contribution in [1.29, 1.82) is 0 Å². The Hall–Kier alpha value is -3.02. The van der Waals surface area contributed by atoms with Crippen LogP contribution < -0.4 is 20.1 Å². The number of benzene rings is 2. The number of carbonyl (C=O) groups is 2. The van der Waals surface area contributed by atoms with Crippen molar-refractivity contribution < 1.29 is 19.1 Å². The number of anilines is 2. The van der Waals surface area contributed by atoms with Gasteiger partial charge in [0, 0.05) is 5.69 Å². The molecule has 0 bridgehead atoms. The fourth-order valence-electron chi connectivity index (χ4n) is 2.50. The number of rotatable bonds is 5. The molecule has 1 heterocycles. The van der Waals surface area contributed by atoms with Gasteiger partial charge in [0.25, 0.3) is 5.91 Å². The van der Waals surface area contributed by atoms with Crippen LogP contribution in [0.4, 0.5) is 11.4 Å². The lowest BCUT2D eigenvalue weighted by Crippen LogP contribution is -2.25. The Balaban J connectivity index is 1.53. The number of hydrogen-bond donors (Lipinski definition) is 2. The van der Waals surface area contributed by atoms with E-state index in [-0.39, 0.29) is 24.8 Å². The number of ether oxygens (including phenoxy) is 2. The van der Waals surface area contributed by atoms with Gasteiger partial charge in [0.05, 0.1) is 18.7 Å². The lowest BCUT2D eigenvalue weighted by Gasteiger charge is -2.18. The van der Waals surface area contributed by atoms with Gasteiger partial charge in [-0.2, -0.15) is 0 Å². The molecule has 0 aliphatic carbocycles. The first-order valence-electron chi connectivity index (χ1n) is 8.08. The minimum atomic E-state index is -0.210. The highest BCUT2D eigenvalue weighted by Gasteiger charge is 2.16. The quantitative estimate of drug-likeness (QED) is 0.877. The zero-order valence-electron chi connectivity index (χ0n) is 14.2. The predicted molar refractivity (Wildman–Crippen MR) is 95.2 cm³/mol. The molecule has 0 aromatic heterocycles. The molecule has 6 nitrogen and oxygen atoms in total. The van der Waals surface area contributed by atoms with E-state index < -0.39 is 0 Å². The highest BCUT2D eigenvalue weighted by atomic mass is 16.5. The van der Waals surface area contributed by atoms with Crippen LogP contribution in [0.2, 0.25) is 0 Å². The normalized spacial score (nSPS) is 12.6. The molecule has 2 aromatic rings. The first kappa shape index (κ1) is 16.8. The van der Waals surface area contributed by atoms with Gasteiger partial charge >= 0.3 is 0 Å². The molecule has 25 heavy (non-hydrogen) atoms. The van der Waals surface area contributed by atoms with Crippen molar-refractivity contribution in [3.8, 4) is 11.5 Å². The summed E-state index contributed by atoms with van der Waals surface area (Å²) in [5.74, 6) is 1.02. The molecule has 3 rings (SSSR count). The third-order valence-corrected chi connectivity index (χ3v) is 3.83. The maximum atomic E-state index is 12.1. The van der Waals surface area contributed by atoms with E-state index in [1.54, 1.807) is 18.2 Å². The third-order valence-electron chi connectivity index (χ3n) is 3.83. The molecule has 2 aromatic carbocycles. The zero-order chi connectivity index (χ0) is 17.8. The standard InChI is InChI=1S/C19H20N2O4/c1-12-3-4-13(2)17(9-12)24-8-7-18(22)20-14-5-6-16-15(10-14)21-19(23)11-25-16/h3-6,9-10H,7-8,11H2,1-2H3,(H,20,22)(H,21,23). The van der Waals surface area contributed by atoms with Crippen LogP contribution in [-0.4, -0.2) is 25.0 Å². The van der Waals surface area contributed by atoms with E-state index >= 15 is 0 Å². The highest BCUT2D eigenvalue weighted by Crippen LogP contribution is 2.30. The predicted octanol–water partition coefficient (Wildman–Crippen LogP) is 3.04. The molecule has 0 fully saturated rings. The average molecular weight is 340 g/mol. The summed E-state index contributed by atoms with van der Waals surface area (Å²) in [5, 5.41) is 5.50. The zero-order valence-corrected chi connectivity index (χ0v) is 14.2. The molecule has 0 spiro atoms. The van der Waals surface area contributed by atoms with Gasteiger partial charge in [0.15, 0.2) is 6.61 Å². The van der Waals surface area contributed by atoms with Crippen molar-refractivity contribution >= 4 is 23.2 Å². The van der Waals surface area contributed by atoms with Gasteiger partial charge in [-0.3, -0.25) is 9.59 Å². The Kier molecular flexibility index (Phi) is 4.88. The molecule has 1 aliphatic heterocycles. The van der Waals surface area contributed by atoms with Crippen molar-refractivity contribution in [3.05, 3.63) is 47.5 Å². The van der Waals surface area contributed by atoms with Crippen LogP contribution in [0, 0.1) is 13.8 Å². The van der Waals surface area contributed by atoms with E-state index in [4.69, 9.17) is 9.47 Å². The number of aryl methyl sites for hydroxylation is 2. The molecular weight excluding hydrogens is 320 g/mol. The second-order valence-electron chi connectivity index (χ2n) is 5.96. The summed E-state index contributed by atoms with van der Waals surface area (Å²) in [6.45, 7) is 4.27. The van der Waals surface area contributed by atoms with Crippen molar-refractivity contribution in [2.45, 2.75) is 20.3 Å². The van der Waals surface area contributed by atoms with Gasteiger partial charge < -0.3 is 20.1 Å². The first-order valence-corrected chi connectivity index (χ1v) is 8.08. The van der Waals surface area contributed by atoms with Gasteiger partial charge in [-0.15, -0.1) is 0 Å². The van der Waals surface area contributed by atoms with Crippen LogP contribution in [0.25, 0.3) is 0 Å². The largest absolute Gasteiger partial charge is 0.493 e. The van der Waals surface area contributed by atoms with Crippen molar-refractivity contribution in [2.75, 3.05) is 23.8 Å². The smallest absolute Gasteiger partial charge is 0.262 e. The van der Waals surface area contributed by atoms with Crippen molar-refractivity contribution in [3.63, 3.8) is 0 Å². The lowest BCUT2D eigenvalue weighted by molar-refractivity contribution is -0.118. The van der Waals surface area contributed by atoms with E-state index in [2.05, 4.69) is 10.6 Å². The fourth-order valence-corrected chi connectivity index (χ4v) is 2.50. The van der Waals surface area contributed by atoms with Gasteiger partial charge in [0.1, 0.15) is 11.5 Å². The van der Waals surface area contributed by atoms with Crippen LogP contribution in [-0.2, 0) is 9.59 Å². The van der Waals surface area contributed by atoms with Gasteiger partial charge in [-0.05, 0) is 49.2 Å². The van der Waals surface area contributed by atoms with Crippen LogP contribution in [0.1, 0.15) is 17.5 Å². The summed E-state index contributed by atoms with van der Waals surface area (Å²) in [5.41, 5.74) is 3.31.